The van der Waals surface area contributed by atoms with Gasteiger partial charge in [0.05, 0.1) is 7.85 Å². The lowest BCUT2D eigenvalue weighted by Crippen LogP contribution is -2.56. The molecule has 0 spiro atoms. The lowest BCUT2D eigenvalue weighted by Gasteiger charge is -2.26. The smallest absolute Gasteiger partial charge is 0.312 e. The number of rotatable bonds is 17. The van der Waals surface area contributed by atoms with E-state index < -0.39 is 29.9 Å². The van der Waals surface area contributed by atoms with Gasteiger partial charge in [-0.25, -0.2) is 4.79 Å². The highest BCUT2D eigenvalue weighted by molar-refractivity contribution is 6.12. The zero-order chi connectivity index (χ0) is 28.0. The molecule has 7 amide bonds. The van der Waals surface area contributed by atoms with Crippen molar-refractivity contribution in [3.05, 3.63) is 12.2 Å². The third kappa shape index (κ3) is 11.9. The summed E-state index contributed by atoms with van der Waals surface area (Å²) in [5, 5.41) is 10.6. The molecule has 1 aliphatic rings. The highest BCUT2D eigenvalue weighted by Crippen LogP contribution is 2.09. The number of hydrogen-bond acceptors (Lipinski definition) is 6. The van der Waals surface area contributed by atoms with Crippen LogP contribution >= 0.6 is 0 Å². The molecule has 204 valence electrons. The summed E-state index contributed by atoms with van der Waals surface area (Å²) in [6.07, 6.45) is 5.22. The number of unbranched alkanes of at least 4 members (excludes halogenated alkanes) is 2. The Morgan fingerprint density at radius 2 is 1.57 bits per heavy atom. The quantitative estimate of drug-likeness (QED) is 0.0996. The van der Waals surface area contributed by atoms with Crippen molar-refractivity contribution in [3.63, 3.8) is 0 Å². The molecule has 1 aliphatic heterocycles. The molecule has 0 aromatic heterocycles. The van der Waals surface area contributed by atoms with Gasteiger partial charge in [-0.05, 0) is 38.5 Å². The van der Waals surface area contributed by atoms with E-state index in [0.29, 0.717) is 32.2 Å². The molecule has 1 unspecified atom stereocenters. The van der Waals surface area contributed by atoms with Gasteiger partial charge in [0, 0.05) is 37.7 Å². The first-order valence-electron chi connectivity index (χ1n) is 12.6. The van der Waals surface area contributed by atoms with Gasteiger partial charge < -0.3 is 27.0 Å². The van der Waals surface area contributed by atoms with Crippen molar-refractivity contribution in [2.75, 3.05) is 13.1 Å². The summed E-state index contributed by atoms with van der Waals surface area (Å²) in [6.45, 7) is 5.84. The molecule has 2 radical (unpaired) electrons. The van der Waals surface area contributed by atoms with E-state index in [2.05, 4.69) is 21.3 Å². The number of imide groups is 1. The van der Waals surface area contributed by atoms with Crippen LogP contribution in [0.15, 0.2) is 12.2 Å². The highest BCUT2D eigenvalue weighted by atomic mass is 16.2. The molecule has 0 fully saturated rings. The predicted molar refractivity (Wildman–Crippen MR) is 138 cm³/mol. The molecule has 0 aromatic carbocycles. The van der Waals surface area contributed by atoms with Crippen molar-refractivity contribution < 1.29 is 28.8 Å². The number of nitrogens with one attached hydrogen (secondary N) is 4. The monoisotopic (exact) mass is 518 g/mol. The van der Waals surface area contributed by atoms with E-state index in [-0.39, 0.29) is 55.4 Å². The van der Waals surface area contributed by atoms with E-state index >= 15 is 0 Å². The lowest BCUT2D eigenvalue weighted by molar-refractivity contribution is -0.137. The number of nitrogens with zero attached hydrogens (tertiary/aromatic N) is 1. The minimum atomic E-state index is -0.889. The van der Waals surface area contributed by atoms with Crippen LogP contribution in [0.1, 0.15) is 59.3 Å². The minimum Gasteiger partial charge on any atom is -0.353 e. The van der Waals surface area contributed by atoms with Gasteiger partial charge in [-0.2, -0.15) is 0 Å². The van der Waals surface area contributed by atoms with Crippen LogP contribution in [-0.2, 0) is 24.0 Å². The third-order valence-corrected chi connectivity index (χ3v) is 5.80. The van der Waals surface area contributed by atoms with Crippen LogP contribution in [0.25, 0.3) is 0 Å². The molecular formula is C24H39BN6O6. The van der Waals surface area contributed by atoms with Crippen LogP contribution in [0, 0.1) is 5.92 Å². The van der Waals surface area contributed by atoms with Crippen LogP contribution in [0.3, 0.4) is 0 Å². The zero-order valence-corrected chi connectivity index (χ0v) is 21.9. The van der Waals surface area contributed by atoms with E-state index in [1.807, 2.05) is 0 Å². The Bertz CT molecular complexity index is 847. The Morgan fingerprint density at radius 3 is 2.14 bits per heavy atom. The maximum atomic E-state index is 13.0. The number of primary amides is 1. The normalized spacial score (nSPS) is 15.3. The van der Waals surface area contributed by atoms with Gasteiger partial charge in [0.15, 0.2) is 0 Å². The Balaban J connectivity index is 2.59. The third-order valence-electron chi connectivity index (χ3n) is 5.80. The molecule has 3 atom stereocenters. The molecular weight excluding hydrogens is 479 g/mol. The number of carbonyl (C=O) groups excluding carboxylic acids is 6. The summed E-state index contributed by atoms with van der Waals surface area (Å²) in [4.78, 5) is 73.4. The molecule has 0 bridgehead atoms. The Morgan fingerprint density at radius 1 is 0.919 bits per heavy atom. The Hall–Kier alpha value is -3.38. The number of nitrogens with two attached hydrogens (primary N) is 1. The Labute approximate surface area is 219 Å². The fourth-order valence-corrected chi connectivity index (χ4v) is 3.61. The van der Waals surface area contributed by atoms with Crippen molar-refractivity contribution in [1.29, 1.82) is 0 Å². The van der Waals surface area contributed by atoms with Gasteiger partial charge >= 0.3 is 6.03 Å². The molecule has 0 saturated heterocycles. The average Bonchev–Trinajstić information content (AvgIpc) is 3.15. The molecule has 0 aliphatic carbocycles. The first-order valence-corrected chi connectivity index (χ1v) is 12.6. The molecule has 0 saturated carbocycles. The van der Waals surface area contributed by atoms with Gasteiger partial charge in [0.1, 0.15) is 12.1 Å². The van der Waals surface area contributed by atoms with Gasteiger partial charge in [0.2, 0.25) is 17.7 Å². The van der Waals surface area contributed by atoms with Gasteiger partial charge in [-0.1, -0.05) is 26.6 Å². The summed E-state index contributed by atoms with van der Waals surface area (Å²) in [5.41, 5.74) is 5.06. The largest absolute Gasteiger partial charge is 0.353 e. The number of hydrogen-bond donors (Lipinski definition) is 5. The zero-order valence-electron chi connectivity index (χ0n) is 21.9. The molecule has 0 aromatic rings. The van der Waals surface area contributed by atoms with Crippen LogP contribution < -0.4 is 27.0 Å². The van der Waals surface area contributed by atoms with Crippen LogP contribution in [-0.4, -0.2) is 79.5 Å². The van der Waals surface area contributed by atoms with E-state index in [0.717, 1.165) is 4.90 Å². The van der Waals surface area contributed by atoms with Crippen LogP contribution in [0.4, 0.5) is 4.79 Å². The second-order valence-electron chi connectivity index (χ2n) is 9.40. The maximum Gasteiger partial charge on any atom is 0.312 e. The lowest BCUT2D eigenvalue weighted by atomic mass is 9.98. The molecule has 1 rings (SSSR count). The van der Waals surface area contributed by atoms with Gasteiger partial charge in [-0.3, -0.25) is 28.9 Å². The van der Waals surface area contributed by atoms with Crippen molar-refractivity contribution in [1.82, 2.24) is 26.2 Å². The fraction of sp³-hybridized carbons (Fsp3) is 0.667. The van der Waals surface area contributed by atoms with Crippen molar-refractivity contribution in [2.45, 2.75) is 83.7 Å². The molecule has 12 nitrogen and oxygen atoms in total. The average molecular weight is 518 g/mol. The topological polar surface area (TPSA) is 180 Å². The molecule has 13 heteroatoms. The first kappa shape index (κ1) is 31.7. The van der Waals surface area contributed by atoms with Crippen molar-refractivity contribution in [3.8, 4) is 0 Å². The summed E-state index contributed by atoms with van der Waals surface area (Å²) in [6, 6.07) is -2.72. The molecule has 37 heavy (non-hydrogen) atoms. The van der Waals surface area contributed by atoms with E-state index in [1.54, 1.807) is 20.8 Å². The maximum absolute atomic E-state index is 13.0. The minimum absolute atomic E-state index is 0.174. The first-order chi connectivity index (χ1) is 17.5. The summed E-state index contributed by atoms with van der Waals surface area (Å²) < 4.78 is 0. The SMILES string of the molecule is [B]C[C@H](C)NC(=O)[C@H](CCCNC(N)=O)NC(=O)C(NC(=O)CCCCCN1C(=O)C=CC1=O)C(C)C. The Kier molecular flexibility index (Phi) is 14.0. The van der Waals surface area contributed by atoms with Gasteiger partial charge in [-0.15, -0.1) is 0 Å². The van der Waals surface area contributed by atoms with Crippen molar-refractivity contribution >= 4 is 43.4 Å². The van der Waals surface area contributed by atoms with Crippen LogP contribution in [0.5, 0.6) is 0 Å². The highest BCUT2D eigenvalue weighted by Gasteiger charge is 2.29. The molecule has 6 N–H and O–H groups in total. The van der Waals surface area contributed by atoms with E-state index in [4.69, 9.17) is 13.6 Å². The van der Waals surface area contributed by atoms with Crippen molar-refractivity contribution in [2.24, 2.45) is 11.7 Å². The number of amides is 7. The number of urea groups is 1. The summed E-state index contributed by atoms with van der Waals surface area (Å²) >= 11 is 0. The van der Waals surface area contributed by atoms with E-state index in [1.165, 1.54) is 12.2 Å². The molecule has 1 heterocycles. The van der Waals surface area contributed by atoms with Gasteiger partial charge in [0.25, 0.3) is 11.8 Å². The van der Waals surface area contributed by atoms with E-state index in [9.17, 15) is 28.8 Å². The fourth-order valence-electron chi connectivity index (χ4n) is 3.61. The summed E-state index contributed by atoms with van der Waals surface area (Å²) in [5.74, 6) is -2.13. The summed E-state index contributed by atoms with van der Waals surface area (Å²) in [7, 11) is 5.58. The standard InChI is InChI=1S/C24H39BN6O6/c1-15(2)21(30-18(32)9-5-4-6-13-31-19(33)10-11-20(31)34)23(36)29-17(8-7-12-27-24(26)37)22(35)28-16(3)14-25/h10-11,15-17,21H,4-9,12-14H2,1-3H3,(H,28,35)(H,29,36)(H,30,32)(H3,26,27,37)/t16-,17-,21?/m0/s1. The van der Waals surface area contributed by atoms with Crippen LogP contribution in [0.2, 0.25) is 6.32 Å². The number of carbonyl (C=O) groups is 6. The second kappa shape index (κ2) is 16.4. The predicted octanol–water partition coefficient (Wildman–Crippen LogP) is -0.363. The second-order valence-corrected chi connectivity index (χ2v) is 9.40.